The molecule has 0 fully saturated rings. The SMILES string of the molecule is CC(C)Oc1ccccc1NC(=O)C(=O)NC(C)(C)C. The van der Waals surface area contributed by atoms with Crippen molar-refractivity contribution in [3.63, 3.8) is 0 Å². The third kappa shape index (κ3) is 5.30. The van der Waals surface area contributed by atoms with Gasteiger partial charge in [0, 0.05) is 5.54 Å². The van der Waals surface area contributed by atoms with Crippen LogP contribution in [0.1, 0.15) is 34.6 Å². The average molecular weight is 278 g/mol. The highest BCUT2D eigenvalue weighted by atomic mass is 16.5. The van der Waals surface area contributed by atoms with Crippen LogP contribution in [0.4, 0.5) is 5.69 Å². The molecule has 2 amide bonds. The van der Waals surface area contributed by atoms with Crippen molar-refractivity contribution < 1.29 is 14.3 Å². The highest BCUT2D eigenvalue weighted by molar-refractivity contribution is 6.39. The Labute approximate surface area is 119 Å². The van der Waals surface area contributed by atoms with Crippen molar-refractivity contribution in [1.82, 2.24) is 5.32 Å². The minimum Gasteiger partial charge on any atom is -0.489 e. The topological polar surface area (TPSA) is 67.4 Å². The first-order valence-electron chi connectivity index (χ1n) is 6.58. The largest absolute Gasteiger partial charge is 0.489 e. The maximum atomic E-state index is 11.8. The lowest BCUT2D eigenvalue weighted by atomic mass is 10.1. The van der Waals surface area contributed by atoms with Crippen LogP contribution in [0.2, 0.25) is 0 Å². The number of amides is 2. The number of rotatable bonds is 3. The Morgan fingerprint density at radius 1 is 1.10 bits per heavy atom. The fraction of sp³-hybridized carbons (Fsp3) is 0.467. The van der Waals surface area contributed by atoms with E-state index in [9.17, 15) is 9.59 Å². The van der Waals surface area contributed by atoms with Crippen LogP contribution in [0.25, 0.3) is 0 Å². The van der Waals surface area contributed by atoms with Crippen molar-refractivity contribution in [3.05, 3.63) is 24.3 Å². The van der Waals surface area contributed by atoms with Crippen molar-refractivity contribution >= 4 is 17.5 Å². The summed E-state index contributed by atoms with van der Waals surface area (Å²) in [5.41, 5.74) is 0.0257. The number of nitrogens with one attached hydrogen (secondary N) is 2. The Balaban J connectivity index is 2.78. The van der Waals surface area contributed by atoms with E-state index in [1.54, 1.807) is 18.2 Å². The highest BCUT2D eigenvalue weighted by Crippen LogP contribution is 2.24. The molecule has 0 aliphatic rings. The van der Waals surface area contributed by atoms with Gasteiger partial charge in [-0.2, -0.15) is 0 Å². The maximum Gasteiger partial charge on any atom is 0.313 e. The van der Waals surface area contributed by atoms with Gasteiger partial charge in [-0.3, -0.25) is 9.59 Å². The fourth-order valence-corrected chi connectivity index (χ4v) is 1.50. The molecule has 0 saturated heterocycles. The molecule has 5 nitrogen and oxygen atoms in total. The minimum atomic E-state index is -0.709. The van der Waals surface area contributed by atoms with Gasteiger partial charge in [0.15, 0.2) is 0 Å². The number of anilines is 1. The van der Waals surface area contributed by atoms with Crippen molar-refractivity contribution in [2.75, 3.05) is 5.32 Å². The Kier molecular flexibility index (Phi) is 5.13. The smallest absolute Gasteiger partial charge is 0.313 e. The highest BCUT2D eigenvalue weighted by Gasteiger charge is 2.21. The number of hydrogen-bond acceptors (Lipinski definition) is 3. The average Bonchev–Trinajstić information content (AvgIpc) is 2.28. The molecule has 5 heteroatoms. The van der Waals surface area contributed by atoms with Gasteiger partial charge in [0.2, 0.25) is 0 Å². The predicted octanol–water partition coefficient (Wildman–Crippen LogP) is 2.33. The number of carbonyl (C=O) groups excluding carboxylic acids is 2. The van der Waals surface area contributed by atoms with Gasteiger partial charge in [-0.1, -0.05) is 12.1 Å². The number of para-hydroxylation sites is 2. The van der Waals surface area contributed by atoms with Crippen molar-refractivity contribution in [2.24, 2.45) is 0 Å². The number of ether oxygens (including phenoxy) is 1. The number of benzene rings is 1. The molecular weight excluding hydrogens is 256 g/mol. The van der Waals surface area contributed by atoms with E-state index in [2.05, 4.69) is 10.6 Å². The lowest BCUT2D eigenvalue weighted by Gasteiger charge is -2.20. The van der Waals surface area contributed by atoms with Crippen LogP contribution < -0.4 is 15.4 Å². The molecule has 110 valence electrons. The summed E-state index contributed by atoms with van der Waals surface area (Å²) < 4.78 is 5.58. The van der Waals surface area contributed by atoms with Gasteiger partial charge in [-0.05, 0) is 46.8 Å². The second-order valence-electron chi connectivity index (χ2n) is 5.82. The second-order valence-corrected chi connectivity index (χ2v) is 5.82. The van der Waals surface area contributed by atoms with E-state index < -0.39 is 17.4 Å². The summed E-state index contributed by atoms with van der Waals surface area (Å²) >= 11 is 0. The van der Waals surface area contributed by atoms with Crippen LogP contribution in [-0.4, -0.2) is 23.5 Å². The van der Waals surface area contributed by atoms with Crippen LogP contribution in [0.3, 0.4) is 0 Å². The molecule has 0 aliphatic carbocycles. The van der Waals surface area contributed by atoms with Gasteiger partial charge in [0.25, 0.3) is 0 Å². The first kappa shape index (κ1) is 16.0. The Bertz CT molecular complexity index is 490. The van der Waals surface area contributed by atoms with E-state index in [0.717, 1.165) is 0 Å². The lowest BCUT2D eigenvalue weighted by Crippen LogP contribution is -2.46. The Morgan fingerprint density at radius 2 is 1.70 bits per heavy atom. The number of hydrogen-bond donors (Lipinski definition) is 2. The molecule has 1 rings (SSSR count). The molecule has 2 N–H and O–H groups in total. The zero-order valence-corrected chi connectivity index (χ0v) is 12.6. The van der Waals surface area contributed by atoms with Crippen LogP contribution in [-0.2, 0) is 9.59 Å². The third-order valence-electron chi connectivity index (χ3n) is 2.19. The van der Waals surface area contributed by atoms with Crippen LogP contribution >= 0.6 is 0 Å². The van der Waals surface area contributed by atoms with E-state index in [-0.39, 0.29) is 6.10 Å². The normalized spacial score (nSPS) is 11.1. The minimum absolute atomic E-state index is 0.0172. The standard InChI is InChI=1S/C15H22N2O3/c1-10(2)20-12-9-7-6-8-11(12)16-13(18)14(19)17-15(3,4)5/h6-10H,1-5H3,(H,16,18)(H,17,19). The molecule has 0 bridgehead atoms. The van der Waals surface area contributed by atoms with E-state index in [1.807, 2.05) is 40.7 Å². The van der Waals surface area contributed by atoms with E-state index >= 15 is 0 Å². The molecule has 0 atom stereocenters. The molecule has 0 aliphatic heterocycles. The molecule has 1 aromatic carbocycles. The van der Waals surface area contributed by atoms with Gasteiger partial charge < -0.3 is 15.4 Å². The first-order chi connectivity index (χ1) is 9.19. The Hall–Kier alpha value is -2.04. The molecule has 0 radical (unpaired) electrons. The summed E-state index contributed by atoms with van der Waals surface area (Å²) in [5.74, 6) is -0.837. The summed E-state index contributed by atoms with van der Waals surface area (Å²) in [4.78, 5) is 23.6. The zero-order chi connectivity index (χ0) is 15.3. The molecule has 20 heavy (non-hydrogen) atoms. The molecule has 0 saturated carbocycles. The summed E-state index contributed by atoms with van der Waals surface area (Å²) in [6, 6.07) is 7.02. The number of carbonyl (C=O) groups is 2. The van der Waals surface area contributed by atoms with Gasteiger partial charge in [0.05, 0.1) is 11.8 Å². The van der Waals surface area contributed by atoms with Crippen molar-refractivity contribution in [2.45, 2.75) is 46.3 Å². The van der Waals surface area contributed by atoms with Crippen LogP contribution in [0, 0.1) is 0 Å². The zero-order valence-electron chi connectivity index (χ0n) is 12.6. The second kappa shape index (κ2) is 6.41. The van der Waals surface area contributed by atoms with Gasteiger partial charge >= 0.3 is 11.8 Å². The third-order valence-corrected chi connectivity index (χ3v) is 2.19. The predicted molar refractivity (Wildman–Crippen MR) is 78.7 cm³/mol. The molecule has 1 aromatic rings. The van der Waals surface area contributed by atoms with Crippen LogP contribution in [0.15, 0.2) is 24.3 Å². The first-order valence-corrected chi connectivity index (χ1v) is 6.58. The van der Waals surface area contributed by atoms with E-state index in [0.29, 0.717) is 11.4 Å². The molecule has 0 aromatic heterocycles. The Morgan fingerprint density at radius 3 is 2.25 bits per heavy atom. The van der Waals surface area contributed by atoms with Gasteiger partial charge in [0.1, 0.15) is 5.75 Å². The maximum absolute atomic E-state index is 11.8. The van der Waals surface area contributed by atoms with E-state index in [1.165, 1.54) is 0 Å². The summed E-state index contributed by atoms with van der Waals surface area (Å²) in [6.45, 7) is 9.23. The molecule has 0 spiro atoms. The van der Waals surface area contributed by atoms with Crippen LogP contribution in [0.5, 0.6) is 5.75 Å². The van der Waals surface area contributed by atoms with Gasteiger partial charge in [-0.25, -0.2) is 0 Å². The molecule has 0 heterocycles. The molecular formula is C15H22N2O3. The quantitative estimate of drug-likeness (QED) is 0.834. The lowest BCUT2D eigenvalue weighted by molar-refractivity contribution is -0.137. The summed E-state index contributed by atoms with van der Waals surface area (Å²) in [7, 11) is 0. The monoisotopic (exact) mass is 278 g/mol. The van der Waals surface area contributed by atoms with Crippen molar-refractivity contribution in [1.29, 1.82) is 0 Å². The van der Waals surface area contributed by atoms with E-state index in [4.69, 9.17) is 4.74 Å². The summed E-state index contributed by atoms with van der Waals surface area (Å²) in [6.07, 6.45) is -0.0172. The fourth-order valence-electron chi connectivity index (χ4n) is 1.50. The molecule has 0 unspecified atom stereocenters. The van der Waals surface area contributed by atoms with Gasteiger partial charge in [-0.15, -0.1) is 0 Å². The summed E-state index contributed by atoms with van der Waals surface area (Å²) in [5, 5.41) is 5.17. The van der Waals surface area contributed by atoms with Crippen molar-refractivity contribution in [3.8, 4) is 5.75 Å².